The third-order valence-electron chi connectivity index (χ3n) is 3.04. The van der Waals surface area contributed by atoms with E-state index >= 15 is 0 Å². The quantitative estimate of drug-likeness (QED) is 0.786. The summed E-state index contributed by atoms with van der Waals surface area (Å²) in [5.74, 6) is 1.21. The number of hydrogen-bond acceptors (Lipinski definition) is 4. The van der Waals surface area contributed by atoms with Crippen LogP contribution in [-0.4, -0.2) is 16.5 Å². The second-order valence-corrected chi connectivity index (χ2v) is 5.14. The molecule has 0 atom stereocenters. The molecule has 0 bridgehead atoms. The van der Waals surface area contributed by atoms with Crippen molar-refractivity contribution in [1.29, 1.82) is 0 Å². The maximum atomic E-state index is 6.09. The molecule has 0 aliphatic carbocycles. The van der Waals surface area contributed by atoms with Crippen molar-refractivity contribution in [3.8, 4) is 11.6 Å². The summed E-state index contributed by atoms with van der Waals surface area (Å²) in [5, 5.41) is 4.04. The predicted octanol–water partition coefficient (Wildman–Crippen LogP) is 3.98. The average Bonchev–Trinajstić information content (AvgIpc) is 2.51. The first-order valence-corrected chi connectivity index (χ1v) is 7.58. The van der Waals surface area contributed by atoms with Crippen molar-refractivity contribution >= 4 is 11.6 Å². The molecule has 0 radical (unpaired) electrons. The second kappa shape index (κ2) is 7.96. The molecule has 112 valence electrons. The number of halogens is 1. The van der Waals surface area contributed by atoms with Crippen LogP contribution in [0.3, 0.4) is 0 Å². The zero-order valence-electron chi connectivity index (χ0n) is 12.4. The molecule has 0 aliphatic heterocycles. The molecule has 2 aromatic rings. The minimum atomic E-state index is 0.485. The van der Waals surface area contributed by atoms with Crippen molar-refractivity contribution in [3.63, 3.8) is 0 Å². The Hall–Kier alpha value is -1.65. The lowest BCUT2D eigenvalue weighted by Crippen LogP contribution is -2.14. The number of hydrogen-bond donors (Lipinski definition) is 1. The lowest BCUT2D eigenvalue weighted by atomic mass is 10.1. The maximum absolute atomic E-state index is 6.09. The van der Waals surface area contributed by atoms with Gasteiger partial charge in [0.1, 0.15) is 5.75 Å². The third kappa shape index (κ3) is 4.69. The normalized spacial score (nSPS) is 10.6. The van der Waals surface area contributed by atoms with Gasteiger partial charge in [-0.3, -0.25) is 4.98 Å². The van der Waals surface area contributed by atoms with Crippen molar-refractivity contribution in [2.24, 2.45) is 0 Å². The molecule has 0 aliphatic rings. The molecule has 0 fully saturated rings. The lowest BCUT2D eigenvalue weighted by molar-refractivity contribution is 0.458. The average molecular weight is 306 g/mol. The Kier molecular flexibility index (Phi) is 5.96. The van der Waals surface area contributed by atoms with Crippen LogP contribution in [0.2, 0.25) is 5.02 Å². The Balaban J connectivity index is 1.99. The molecule has 21 heavy (non-hydrogen) atoms. The fourth-order valence-corrected chi connectivity index (χ4v) is 2.14. The van der Waals surface area contributed by atoms with Crippen LogP contribution in [0.4, 0.5) is 0 Å². The molecule has 2 rings (SSSR count). The Morgan fingerprint density at radius 2 is 2.05 bits per heavy atom. The van der Waals surface area contributed by atoms with Gasteiger partial charge in [0.05, 0.1) is 18.1 Å². The van der Waals surface area contributed by atoms with Gasteiger partial charge < -0.3 is 10.1 Å². The van der Waals surface area contributed by atoms with E-state index in [4.69, 9.17) is 16.3 Å². The summed E-state index contributed by atoms with van der Waals surface area (Å²) in [5.41, 5.74) is 1.96. The van der Waals surface area contributed by atoms with Crippen LogP contribution in [0.15, 0.2) is 30.6 Å². The molecule has 1 aromatic heterocycles. The third-order valence-corrected chi connectivity index (χ3v) is 3.40. The molecule has 0 saturated carbocycles. The number of aryl methyl sites for hydroxylation is 1. The molecule has 0 unspecified atom stereocenters. The van der Waals surface area contributed by atoms with Crippen LogP contribution < -0.4 is 10.1 Å². The Morgan fingerprint density at radius 1 is 1.19 bits per heavy atom. The van der Waals surface area contributed by atoms with E-state index < -0.39 is 0 Å². The van der Waals surface area contributed by atoms with Crippen LogP contribution >= 0.6 is 11.6 Å². The van der Waals surface area contributed by atoms with E-state index in [1.807, 2.05) is 18.2 Å². The van der Waals surface area contributed by atoms with Gasteiger partial charge >= 0.3 is 0 Å². The van der Waals surface area contributed by atoms with Gasteiger partial charge in [0, 0.05) is 11.6 Å². The van der Waals surface area contributed by atoms with Gasteiger partial charge in [-0.15, -0.1) is 0 Å². The zero-order valence-corrected chi connectivity index (χ0v) is 13.2. The zero-order chi connectivity index (χ0) is 15.1. The molecule has 1 aromatic carbocycles. The largest absolute Gasteiger partial charge is 0.437 e. The molecular formula is C16H20ClN3O. The minimum Gasteiger partial charge on any atom is -0.437 e. The van der Waals surface area contributed by atoms with E-state index in [1.165, 1.54) is 0 Å². The highest BCUT2D eigenvalue weighted by molar-refractivity contribution is 6.31. The molecule has 5 heteroatoms. The van der Waals surface area contributed by atoms with Gasteiger partial charge in [0.2, 0.25) is 5.88 Å². The molecule has 0 amide bonds. The van der Waals surface area contributed by atoms with E-state index in [-0.39, 0.29) is 0 Å². The van der Waals surface area contributed by atoms with Crippen molar-refractivity contribution < 1.29 is 4.74 Å². The van der Waals surface area contributed by atoms with Crippen LogP contribution in [-0.2, 0) is 13.0 Å². The summed E-state index contributed by atoms with van der Waals surface area (Å²) in [4.78, 5) is 8.60. The van der Waals surface area contributed by atoms with E-state index in [2.05, 4.69) is 29.1 Å². The number of ether oxygens (including phenoxy) is 1. The highest BCUT2D eigenvalue weighted by Gasteiger charge is 2.04. The molecule has 4 nitrogen and oxygen atoms in total. The summed E-state index contributed by atoms with van der Waals surface area (Å²) >= 11 is 6.09. The van der Waals surface area contributed by atoms with Crippen molar-refractivity contribution in [1.82, 2.24) is 15.3 Å². The smallest absolute Gasteiger partial charge is 0.237 e. The lowest BCUT2D eigenvalue weighted by Gasteiger charge is -2.08. The van der Waals surface area contributed by atoms with Gasteiger partial charge in [-0.1, -0.05) is 25.4 Å². The predicted molar refractivity (Wildman–Crippen MR) is 84.9 cm³/mol. The minimum absolute atomic E-state index is 0.485. The van der Waals surface area contributed by atoms with Gasteiger partial charge in [0.15, 0.2) is 0 Å². The van der Waals surface area contributed by atoms with E-state index in [1.54, 1.807) is 12.4 Å². The monoisotopic (exact) mass is 305 g/mol. The van der Waals surface area contributed by atoms with Gasteiger partial charge in [-0.05, 0) is 43.1 Å². The first kappa shape index (κ1) is 15.7. The molecule has 1 heterocycles. The molecule has 1 N–H and O–H groups in total. The first-order valence-electron chi connectivity index (χ1n) is 7.20. The Bertz CT molecular complexity index is 572. The highest BCUT2D eigenvalue weighted by atomic mass is 35.5. The van der Waals surface area contributed by atoms with E-state index in [9.17, 15) is 0 Å². The number of nitrogens with one attached hydrogen (secondary N) is 1. The van der Waals surface area contributed by atoms with Crippen molar-refractivity contribution in [3.05, 3.63) is 46.9 Å². The topological polar surface area (TPSA) is 47.0 Å². The van der Waals surface area contributed by atoms with Crippen LogP contribution in [0.5, 0.6) is 11.6 Å². The van der Waals surface area contributed by atoms with Gasteiger partial charge in [-0.2, -0.15) is 0 Å². The van der Waals surface area contributed by atoms with E-state index in [0.29, 0.717) is 5.88 Å². The summed E-state index contributed by atoms with van der Waals surface area (Å²) in [6, 6.07) is 5.60. The van der Waals surface area contributed by atoms with Crippen LogP contribution in [0.25, 0.3) is 0 Å². The summed E-state index contributed by atoms with van der Waals surface area (Å²) < 4.78 is 5.70. The second-order valence-electron chi connectivity index (χ2n) is 4.73. The fraction of sp³-hybridized carbons (Fsp3) is 0.375. The first-order chi connectivity index (χ1) is 10.2. The summed E-state index contributed by atoms with van der Waals surface area (Å²) in [6.45, 7) is 5.89. The number of aromatic nitrogens is 2. The fourth-order valence-electron chi connectivity index (χ4n) is 1.89. The number of benzene rings is 1. The SMILES string of the molecule is CCCNCc1cnc(Oc2ccc(Cl)c(CC)c2)cn1. The van der Waals surface area contributed by atoms with Crippen LogP contribution in [0, 0.1) is 0 Å². The van der Waals surface area contributed by atoms with Crippen LogP contribution in [0.1, 0.15) is 31.5 Å². The Morgan fingerprint density at radius 3 is 2.71 bits per heavy atom. The van der Waals surface area contributed by atoms with Crippen molar-refractivity contribution in [2.45, 2.75) is 33.2 Å². The number of rotatable bonds is 7. The standard InChI is InChI=1S/C16H20ClN3O/c1-3-7-18-9-13-10-20-16(11-19-13)21-14-5-6-15(17)12(4-2)8-14/h5-6,8,10-11,18H,3-4,7,9H2,1-2H3. The highest BCUT2D eigenvalue weighted by Crippen LogP contribution is 2.25. The van der Waals surface area contributed by atoms with E-state index in [0.717, 1.165) is 48.0 Å². The molecule has 0 saturated heterocycles. The maximum Gasteiger partial charge on any atom is 0.237 e. The summed E-state index contributed by atoms with van der Waals surface area (Å²) in [6.07, 6.45) is 5.34. The van der Waals surface area contributed by atoms with Gasteiger partial charge in [0.25, 0.3) is 0 Å². The molecular weight excluding hydrogens is 286 g/mol. The number of nitrogens with zero attached hydrogens (tertiary/aromatic N) is 2. The van der Waals surface area contributed by atoms with Gasteiger partial charge in [-0.25, -0.2) is 4.98 Å². The Labute approximate surface area is 130 Å². The van der Waals surface area contributed by atoms with Crippen molar-refractivity contribution in [2.75, 3.05) is 6.54 Å². The molecule has 0 spiro atoms. The summed E-state index contributed by atoms with van der Waals surface area (Å²) in [7, 11) is 0.